The Kier molecular flexibility index (Phi) is 7.46. The van der Waals surface area contributed by atoms with Crippen molar-refractivity contribution in [2.24, 2.45) is 0 Å². The van der Waals surface area contributed by atoms with Crippen LogP contribution in [0.3, 0.4) is 0 Å². The maximum Gasteiger partial charge on any atom is 0.307 e. The molecule has 4 aromatic rings. The van der Waals surface area contributed by atoms with Crippen molar-refractivity contribution in [1.29, 1.82) is 0 Å². The van der Waals surface area contributed by atoms with E-state index in [9.17, 15) is 9.90 Å². The van der Waals surface area contributed by atoms with Crippen molar-refractivity contribution in [2.75, 3.05) is 12.5 Å². The van der Waals surface area contributed by atoms with Crippen LogP contribution in [-0.2, 0) is 17.6 Å². The molecule has 2 aromatic carbocycles. The van der Waals surface area contributed by atoms with E-state index in [0.29, 0.717) is 0 Å². The first-order valence-electron chi connectivity index (χ1n) is 10.3. The molecule has 0 bridgehead atoms. The molecular formula is C26H24O2S4. The van der Waals surface area contributed by atoms with Gasteiger partial charge in [0.25, 0.3) is 0 Å². The van der Waals surface area contributed by atoms with Gasteiger partial charge in [0, 0.05) is 29.3 Å². The van der Waals surface area contributed by atoms with Gasteiger partial charge < -0.3 is 5.11 Å². The van der Waals surface area contributed by atoms with Gasteiger partial charge in [0.15, 0.2) is 0 Å². The first kappa shape index (κ1) is 23.2. The molecule has 2 nitrogen and oxygen atoms in total. The second-order valence-corrected chi connectivity index (χ2v) is 11.2. The van der Waals surface area contributed by atoms with Crippen LogP contribution in [0.1, 0.15) is 18.1 Å². The molecule has 164 valence electrons. The Labute approximate surface area is 205 Å². The molecule has 2 aromatic heterocycles. The van der Waals surface area contributed by atoms with Gasteiger partial charge in [-0.15, -0.1) is 46.2 Å². The standard InChI is InChI=1S/C26H24O2S4/c1-4-16-13-22(31-25(16)17-5-9-20(29-2)10-6-17)23-14-19(15-24(27)28)26(32-23)18-7-11-21(30-3)12-8-18/h5-14H,4,15H2,1-3H3,(H,27,28). The summed E-state index contributed by atoms with van der Waals surface area (Å²) in [6.07, 6.45) is 5.15. The predicted octanol–water partition coefficient (Wildman–Crippen LogP) is 8.44. The number of carboxylic acids is 1. The lowest BCUT2D eigenvalue weighted by atomic mass is 10.1. The molecule has 0 aliphatic heterocycles. The fraction of sp³-hybridized carbons (Fsp3) is 0.192. The van der Waals surface area contributed by atoms with E-state index in [4.69, 9.17) is 0 Å². The Balaban J connectivity index is 1.76. The largest absolute Gasteiger partial charge is 0.481 e. The molecule has 0 saturated carbocycles. The van der Waals surface area contributed by atoms with Gasteiger partial charge in [-0.3, -0.25) is 4.79 Å². The molecular weight excluding hydrogens is 473 g/mol. The molecule has 0 radical (unpaired) electrons. The average molecular weight is 497 g/mol. The van der Waals surface area contributed by atoms with Crippen LogP contribution in [0.25, 0.3) is 30.6 Å². The molecule has 0 amide bonds. The van der Waals surface area contributed by atoms with Crippen molar-refractivity contribution in [3.63, 3.8) is 0 Å². The summed E-state index contributed by atoms with van der Waals surface area (Å²) < 4.78 is 0. The van der Waals surface area contributed by atoms with Gasteiger partial charge in [-0.2, -0.15) is 0 Å². The van der Waals surface area contributed by atoms with Crippen LogP contribution in [0, 0.1) is 0 Å². The molecule has 0 spiro atoms. The molecule has 0 aliphatic rings. The molecule has 0 saturated heterocycles. The summed E-state index contributed by atoms with van der Waals surface area (Å²) in [4.78, 5) is 18.7. The number of carbonyl (C=O) groups is 1. The van der Waals surface area contributed by atoms with Crippen LogP contribution in [0.5, 0.6) is 0 Å². The summed E-state index contributed by atoms with van der Waals surface area (Å²) in [5.74, 6) is -0.800. The maximum absolute atomic E-state index is 11.5. The van der Waals surface area contributed by atoms with E-state index in [0.717, 1.165) is 27.3 Å². The highest BCUT2D eigenvalue weighted by Gasteiger charge is 2.18. The van der Waals surface area contributed by atoms with E-state index < -0.39 is 5.97 Å². The highest BCUT2D eigenvalue weighted by atomic mass is 32.2. The molecule has 2 heterocycles. The normalized spacial score (nSPS) is 11.1. The average Bonchev–Trinajstić information content (AvgIpc) is 3.43. The lowest BCUT2D eigenvalue weighted by Crippen LogP contribution is -1.99. The quantitative estimate of drug-likeness (QED) is 0.248. The van der Waals surface area contributed by atoms with Crippen LogP contribution in [-0.4, -0.2) is 23.6 Å². The summed E-state index contributed by atoms with van der Waals surface area (Å²) in [7, 11) is 0. The monoisotopic (exact) mass is 496 g/mol. The number of hydrogen-bond donors (Lipinski definition) is 1. The summed E-state index contributed by atoms with van der Waals surface area (Å²) in [6, 6.07) is 21.5. The molecule has 0 atom stereocenters. The van der Waals surface area contributed by atoms with E-state index >= 15 is 0 Å². The topological polar surface area (TPSA) is 37.3 Å². The maximum atomic E-state index is 11.5. The zero-order valence-corrected chi connectivity index (χ0v) is 21.4. The molecule has 1 N–H and O–H groups in total. The summed E-state index contributed by atoms with van der Waals surface area (Å²) in [6.45, 7) is 2.19. The molecule has 0 fully saturated rings. The van der Waals surface area contributed by atoms with E-state index in [-0.39, 0.29) is 6.42 Å². The first-order valence-corrected chi connectivity index (χ1v) is 14.4. The lowest BCUT2D eigenvalue weighted by molar-refractivity contribution is -0.136. The Hall–Kier alpha value is -1.99. The number of aliphatic carboxylic acids is 1. The van der Waals surface area contributed by atoms with Crippen molar-refractivity contribution in [2.45, 2.75) is 29.6 Å². The number of thiophene rings is 2. The fourth-order valence-electron chi connectivity index (χ4n) is 3.63. The van der Waals surface area contributed by atoms with Gasteiger partial charge in [-0.25, -0.2) is 0 Å². The number of thioether (sulfide) groups is 2. The van der Waals surface area contributed by atoms with Crippen LogP contribution >= 0.6 is 46.2 Å². The number of benzene rings is 2. The van der Waals surface area contributed by atoms with Crippen LogP contribution in [0.2, 0.25) is 0 Å². The van der Waals surface area contributed by atoms with Gasteiger partial charge in [-0.05, 0) is 77.6 Å². The molecule has 0 aliphatic carbocycles. The molecule has 6 heteroatoms. The van der Waals surface area contributed by atoms with Crippen molar-refractivity contribution < 1.29 is 9.90 Å². The Morgan fingerprint density at radius 2 is 1.22 bits per heavy atom. The SMILES string of the molecule is CCc1cc(-c2cc(CC(=O)O)c(-c3ccc(SC)cc3)s2)sc1-c1ccc(SC)cc1. The molecule has 32 heavy (non-hydrogen) atoms. The fourth-order valence-corrected chi connectivity index (χ4v) is 6.96. The highest BCUT2D eigenvalue weighted by molar-refractivity contribution is 7.98. The Bertz CT molecular complexity index is 1220. The molecule has 4 rings (SSSR count). The van der Waals surface area contributed by atoms with Crippen LogP contribution in [0.15, 0.2) is 70.5 Å². The van der Waals surface area contributed by atoms with Crippen molar-refractivity contribution in [3.8, 4) is 30.6 Å². The molecule has 0 unspecified atom stereocenters. The third-order valence-electron chi connectivity index (χ3n) is 5.29. The van der Waals surface area contributed by atoms with Crippen molar-refractivity contribution >= 4 is 52.2 Å². The number of rotatable bonds is 8. The Morgan fingerprint density at radius 1 is 0.781 bits per heavy atom. The highest BCUT2D eigenvalue weighted by Crippen LogP contribution is 2.45. The smallest absolute Gasteiger partial charge is 0.307 e. The zero-order valence-electron chi connectivity index (χ0n) is 18.2. The summed E-state index contributed by atoms with van der Waals surface area (Å²) in [5.41, 5.74) is 4.54. The van der Waals surface area contributed by atoms with Gasteiger partial charge in [-0.1, -0.05) is 31.2 Å². The van der Waals surface area contributed by atoms with Gasteiger partial charge in [0.2, 0.25) is 0 Å². The van der Waals surface area contributed by atoms with E-state index in [1.165, 1.54) is 30.7 Å². The first-order chi connectivity index (χ1) is 15.5. The van der Waals surface area contributed by atoms with E-state index in [1.807, 2.05) is 0 Å². The summed E-state index contributed by atoms with van der Waals surface area (Å²) >= 11 is 6.95. The van der Waals surface area contributed by atoms with Crippen molar-refractivity contribution in [1.82, 2.24) is 0 Å². The van der Waals surface area contributed by atoms with Gasteiger partial charge in [0.05, 0.1) is 6.42 Å². The minimum atomic E-state index is -0.800. The second kappa shape index (κ2) is 10.3. The third kappa shape index (κ3) is 4.99. The second-order valence-electron chi connectivity index (χ2n) is 7.31. The number of carboxylic acid groups (broad SMARTS) is 1. The number of aryl methyl sites for hydroxylation is 1. The number of hydrogen-bond acceptors (Lipinski definition) is 5. The minimum absolute atomic E-state index is 0.0329. The Morgan fingerprint density at radius 3 is 1.62 bits per heavy atom. The minimum Gasteiger partial charge on any atom is -0.481 e. The van der Waals surface area contributed by atoms with Gasteiger partial charge in [0.1, 0.15) is 0 Å². The van der Waals surface area contributed by atoms with E-state index in [2.05, 4.69) is 80.1 Å². The lowest BCUT2D eigenvalue weighted by Gasteiger charge is -2.03. The summed E-state index contributed by atoms with van der Waals surface area (Å²) in [5, 5.41) is 9.48. The van der Waals surface area contributed by atoms with Crippen LogP contribution < -0.4 is 0 Å². The predicted molar refractivity (Wildman–Crippen MR) is 143 cm³/mol. The van der Waals surface area contributed by atoms with Crippen LogP contribution in [0.4, 0.5) is 0 Å². The third-order valence-corrected chi connectivity index (χ3v) is 9.42. The van der Waals surface area contributed by atoms with Gasteiger partial charge >= 0.3 is 5.97 Å². The van der Waals surface area contributed by atoms with E-state index in [1.54, 1.807) is 46.2 Å². The zero-order chi connectivity index (χ0) is 22.7. The van der Waals surface area contributed by atoms with Crippen molar-refractivity contribution in [3.05, 3.63) is 71.8 Å².